The van der Waals surface area contributed by atoms with Crippen LogP contribution in [0.1, 0.15) is 60.3 Å². The van der Waals surface area contributed by atoms with E-state index in [4.69, 9.17) is 4.74 Å². The molecule has 22 heavy (non-hydrogen) atoms. The van der Waals surface area contributed by atoms with E-state index >= 15 is 0 Å². The zero-order valence-corrected chi connectivity index (χ0v) is 16.0. The average Bonchev–Trinajstić information content (AvgIpc) is 2.37. The lowest BCUT2D eigenvalue weighted by molar-refractivity contribution is 0.00784. The van der Waals surface area contributed by atoms with Gasteiger partial charge in [-0.1, -0.05) is 0 Å². The fourth-order valence-electron chi connectivity index (χ4n) is 3.07. The van der Waals surface area contributed by atoms with E-state index in [0.717, 1.165) is 31.6 Å². The zero-order valence-electron chi connectivity index (χ0n) is 15.1. The van der Waals surface area contributed by atoms with Gasteiger partial charge in [0.05, 0.1) is 0 Å². The van der Waals surface area contributed by atoms with Crippen LogP contribution in [0.2, 0.25) is 0 Å². The quantitative estimate of drug-likeness (QED) is 0.802. The van der Waals surface area contributed by atoms with Gasteiger partial charge in [0.15, 0.2) is 0 Å². The summed E-state index contributed by atoms with van der Waals surface area (Å²) in [6.45, 7) is 11.1. The molecule has 3 atom stereocenters. The van der Waals surface area contributed by atoms with Crippen molar-refractivity contribution < 1.29 is 9.53 Å². The Labute approximate surface area is 140 Å². The Morgan fingerprint density at radius 1 is 1.32 bits per heavy atom. The molecule has 1 aliphatic heterocycles. The van der Waals surface area contributed by atoms with Gasteiger partial charge in [-0.3, -0.25) is 0 Å². The third-order valence-electron chi connectivity index (χ3n) is 3.87. The molecule has 0 radical (unpaired) electrons. The van der Waals surface area contributed by atoms with Crippen LogP contribution in [0.25, 0.3) is 0 Å². The van der Waals surface area contributed by atoms with Crippen molar-refractivity contribution in [2.24, 2.45) is 0 Å². The highest BCUT2D eigenvalue weighted by Crippen LogP contribution is 2.23. The number of thioether (sulfide) groups is 1. The van der Waals surface area contributed by atoms with Gasteiger partial charge in [0, 0.05) is 30.4 Å². The molecule has 0 aromatic rings. The summed E-state index contributed by atoms with van der Waals surface area (Å²) in [4.78, 5) is 14.4. The molecule has 4 nitrogen and oxygen atoms in total. The summed E-state index contributed by atoms with van der Waals surface area (Å²) in [5.74, 6) is 1.12. The Balaban J connectivity index is 2.56. The molecule has 1 saturated heterocycles. The highest BCUT2D eigenvalue weighted by Gasteiger charge is 2.31. The van der Waals surface area contributed by atoms with Crippen molar-refractivity contribution in [1.82, 2.24) is 10.2 Å². The van der Waals surface area contributed by atoms with Crippen molar-refractivity contribution in [3.05, 3.63) is 0 Å². The number of ether oxygens (including phenoxy) is 1. The predicted molar refractivity (Wildman–Crippen MR) is 95.6 cm³/mol. The SMILES string of the molecule is CSCC(C)NC(C)CC1CCCCN1C(=O)OC(C)(C)C. The number of carbonyl (C=O) groups is 1. The van der Waals surface area contributed by atoms with E-state index in [-0.39, 0.29) is 6.09 Å². The lowest BCUT2D eigenvalue weighted by Gasteiger charge is -2.38. The number of piperidine rings is 1. The van der Waals surface area contributed by atoms with Gasteiger partial charge in [-0.05, 0) is 66.6 Å². The first-order chi connectivity index (χ1) is 10.2. The zero-order chi connectivity index (χ0) is 16.8. The molecule has 0 aliphatic carbocycles. The Morgan fingerprint density at radius 2 is 2.00 bits per heavy atom. The molecule has 3 unspecified atom stereocenters. The number of hydrogen-bond acceptors (Lipinski definition) is 4. The fraction of sp³-hybridized carbons (Fsp3) is 0.941. The van der Waals surface area contributed by atoms with Crippen molar-refractivity contribution in [1.29, 1.82) is 0 Å². The van der Waals surface area contributed by atoms with Crippen LogP contribution in [0.15, 0.2) is 0 Å². The van der Waals surface area contributed by atoms with E-state index in [1.807, 2.05) is 37.4 Å². The maximum Gasteiger partial charge on any atom is 0.410 e. The Morgan fingerprint density at radius 3 is 2.59 bits per heavy atom. The van der Waals surface area contributed by atoms with Gasteiger partial charge in [0.25, 0.3) is 0 Å². The lowest BCUT2D eigenvalue weighted by atomic mass is 9.96. The highest BCUT2D eigenvalue weighted by molar-refractivity contribution is 7.98. The molecule has 1 amide bonds. The van der Waals surface area contributed by atoms with Gasteiger partial charge < -0.3 is 15.0 Å². The smallest absolute Gasteiger partial charge is 0.410 e. The molecule has 130 valence electrons. The Bertz CT molecular complexity index is 344. The number of hydrogen-bond donors (Lipinski definition) is 1. The van der Waals surface area contributed by atoms with Crippen molar-refractivity contribution in [3.8, 4) is 0 Å². The minimum atomic E-state index is -0.421. The third kappa shape index (κ3) is 7.23. The van der Waals surface area contributed by atoms with Gasteiger partial charge in [-0.25, -0.2) is 4.79 Å². The third-order valence-corrected chi connectivity index (χ3v) is 4.70. The van der Waals surface area contributed by atoms with Crippen LogP contribution in [0.4, 0.5) is 4.79 Å². The number of nitrogens with zero attached hydrogens (tertiary/aromatic N) is 1. The second kappa shape index (κ2) is 9.02. The first kappa shape index (κ1) is 19.6. The average molecular weight is 331 g/mol. The normalized spacial score (nSPS) is 22.3. The van der Waals surface area contributed by atoms with Crippen molar-refractivity contribution in [2.75, 3.05) is 18.6 Å². The summed E-state index contributed by atoms with van der Waals surface area (Å²) in [6.07, 6.45) is 6.35. The van der Waals surface area contributed by atoms with Crippen LogP contribution in [0.5, 0.6) is 0 Å². The Kier molecular flexibility index (Phi) is 8.04. The minimum Gasteiger partial charge on any atom is -0.444 e. The van der Waals surface area contributed by atoms with Crippen LogP contribution in [-0.2, 0) is 4.74 Å². The van der Waals surface area contributed by atoms with Crippen molar-refractivity contribution in [3.63, 3.8) is 0 Å². The van der Waals surface area contributed by atoms with E-state index in [9.17, 15) is 4.79 Å². The van der Waals surface area contributed by atoms with Gasteiger partial charge >= 0.3 is 6.09 Å². The molecule has 1 rings (SSSR count). The maximum absolute atomic E-state index is 12.4. The van der Waals surface area contributed by atoms with E-state index in [0.29, 0.717) is 18.1 Å². The van der Waals surface area contributed by atoms with Gasteiger partial charge in [-0.2, -0.15) is 11.8 Å². The molecule has 0 aromatic heterocycles. The molecule has 0 saturated carbocycles. The molecule has 0 bridgehead atoms. The van der Waals surface area contributed by atoms with Gasteiger partial charge in [-0.15, -0.1) is 0 Å². The van der Waals surface area contributed by atoms with Crippen LogP contribution >= 0.6 is 11.8 Å². The van der Waals surface area contributed by atoms with Crippen molar-refractivity contribution >= 4 is 17.9 Å². The molecule has 1 heterocycles. The largest absolute Gasteiger partial charge is 0.444 e. The summed E-state index contributed by atoms with van der Waals surface area (Å²) < 4.78 is 5.57. The summed E-state index contributed by atoms with van der Waals surface area (Å²) >= 11 is 1.86. The summed E-state index contributed by atoms with van der Waals surface area (Å²) in [5, 5.41) is 3.64. The van der Waals surface area contributed by atoms with Crippen LogP contribution in [0, 0.1) is 0 Å². The molecular formula is C17H34N2O2S. The summed E-state index contributed by atoms with van der Waals surface area (Å²) in [5.41, 5.74) is -0.421. The molecule has 1 aliphatic rings. The lowest BCUT2D eigenvalue weighted by Crippen LogP contribution is -2.49. The minimum absolute atomic E-state index is 0.151. The number of carbonyl (C=O) groups excluding carboxylic acids is 1. The molecule has 0 aromatic carbocycles. The van der Waals surface area contributed by atoms with E-state index in [2.05, 4.69) is 25.4 Å². The monoisotopic (exact) mass is 330 g/mol. The standard InChI is InChI=1S/C17H34N2O2S/c1-13(18-14(2)12-22-6)11-15-9-7-8-10-19(15)16(20)21-17(3,4)5/h13-15,18H,7-12H2,1-6H3. The van der Waals surface area contributed by atoms with Crippen LogP contribution in [-0.4, -0.2) is 53.3 Å². The summed E-state index contributed by atoms with van der Waals surface area (Å²) in [7, 11) is 0. The van der Waals surface area contributed by atoms with E-state index in [1.165, 1.54) is 6.42 Å². The second-order valence-corrected chi connectivity index (χ2v) is 8.39. The molecular weight excluding hydrogens is 296 g/mol. The van der Waals surface area contributed by atoms with Gasteiger partial charge in [0.2, 0.25) is 0 Å². The molecule has 5 heteroatoms. The predicted octanol–water partition coefficient (Wildman–Crippen LogP) is 3.90. The first-order valence-corrected chi connectivity index (χ1v) is 9.87. The van der Waals surface area contributed by atoms with E-state index in [1.54, 1.807) is 0 Å². The molecule has 0 spiro atoms. The van der Waals surface area contributed by atoms with Crippen molar-refractivity contribution in [2.45, 2.75) is 84.0 Å². The Hall–Kier alpha value is -0.420. The highest BCUT2D eigenvalue weighted by atomic mass is 32.2. The topological polar surface area (TPSA) is 41.6 Å². The molecule has 1 N–H and O–H groups in total. The van der Waals surface area contributed by atoms with Crippen LogP contribution < -0.4 is 5.32 Å². The molecule has 1 fully saturated rings. The van der Waals surface area contributed by atoms with Gasteiger partial charge in [0.1, 0.15) is 5.60 Å². The number of rotatable bonds is 6. The number of nitrogens with one attached hydrogen (secondary N) is 1. The van der Waals surface area contributed by atoms with E-state index < -0.39 is 5.60 Å². The van der Waals surface area contributed by atoms with Crippen LogP contribution in [0.3, 0.4) is 0 Å². The fourth-order valence-corrected chi connectivity index (χ4v) is 3.66. The number of amides is 1. The maximum atomic E-state index is 12.4. The first-order valence-electron chi connectivity index (χ1n) is 8.47. The summed E-state index contributed by atoms with van der Waals surface area (Å²) in [6, 6.07) is 1.21. The number of likely N-dealkylation sites (tertiary alicyclic amines) is 1. The second-order valence-electron chi connectivity index (χ2n) is 7.48.